The molecule has 5 nitrogen and oxygen atoms in total. The third-order valence-electron chi connectivity index (χ3n) is 1.42. The monoisotopic (exact) mass is 182 g/mol. The summed E-state index contributed by atoms with van der Waals surface area (Å²) < 4.78 is 4.54. The van der Waals surface area contributed by atoms with Crippen LogP contribution in [0.3, 0.4) is 0 Å². The summed E-state index contributed by atoms with van der Waals surface area (Å²) >= 11 is 0. The average Bonchev–Trinajstić information content (AvgIpc) is 2.15. The molecule has 0 spiro atoms. The number of ether oxygens (including phenoxy) is 1. The maximum Gasteiger partial charge on any atom is 0.404 e. The number of hydrogen-bond donors (Lipinski definition) is 2. The van der Waals surface area contributed by atoms with Crippen molar-refractivity contribution in [2.45, 2.75) is 13.2 Å². The number of nitrogens with two attached hydrogens (primary N) is 1. The van der Waals surface area contributed by atoms with E-state index in [1.54, 1.807) is 12.3 Å². The van der Waals surface area contributed by atoms with Crippen LogP contribution in [0.4, 0.5) is 4.79 Å². The number of aliphatic hydroxyl groups is 1. The molecule has 70 valence electrons. The molecule has 1 aromatic rings. The van der Waals surface area contributed by atoms with Gasteiger partial charge in [0.25, 0.3) is 0 Å². The number of aliphatic hydroxyl groups excluding tert-OH is 1. The summed E-state index contributed by atoms with van der Waals surface area (Å²) in [5, 5.41) is 8.77. The lowest BCUT2D eigenvalue weighted by molar-refractivity contribution is 0.150. The van der Waals surface area contributed by atoms with Gasteiger partial charge in [-0.15, -0.1) is 0 Å². The Hall–Kier alpha value is -1.62. The van der Waals surface area contributed by atoms with Crippen molar-refractivity contribution in [3.05, 3.63) is 29.6 Å². The molecular formula is C8H10N2O3. The van der Waals surface area contributed by atoms with E-state index in [4.69, 9.17) is 10.8 Å². The van der Waals surface area contributed by atoms with Crippen LogP contribution in [-0.4, -0.2) is 16.2 Å². The van der Waals surface area contributed by atoms with Crippen molar-refractivity contribution in [3.63, 3.8) is 0 Å². The van der Waals surface area contributed by atoms with Crippen LogP contribution in [0.25, 0.3) is 0 Å². The van der Waals surface area contributed by atoms with Crippen molar-refractivity contribution in [2.75, 3.05) is 0 Å². The van der Waals surface area contributed by atoms with Crippen LogP contribution >= 0.6 is 0 Å². The van der Waals surface area contributed by atoms with E-state index < -0.39 is 6.09 Å². The molecule has 0 aliphatic rings. The normalized spacial score (nSPS) is 9.62. The number of aromatic nitrogens is 1. The lowest BCUT2D eigenvalue weighted by Gasteiger charge is -2.02. The Bertz CT molecular complexity index is 301. The van der Waals surface area contributed by atoms with Crippen molar-refractivity contribution in [1.29, 1.82) is 0 Å². The van der Waals surface area contributed by atoms with Gasteiger partial charge in [-0.1, -0.05) is 0 Å². The third kappa shape index (κ3) is 3.08. The molecule has 0 saturated carbocycles. The Morgan fingerprint density at radius 3 is 2.85 bits per heavy atom. The Labute approximate surface area is 75.2 Å². The largest absolute Gasteiger partial charge is 0.445 e. The van der Waals surface area contributed by atoms with E-state index in [1.165, 1.54) is 6.20 Å². The highest BCUT2D eigenvalue weighted by atomic mass is 16.5. The molecule has 0 aromatic carbocycles. The highest BCUT2D eigenvalue weighted by molar-refractivity contribution is 5.64. The van der Waals surface area contributed by atoms with Gasteiger partial charge >= 0.3 is 6.09 Å². The molecule has 1 amide bonds. The molecule has 0 aliphatic carbocycles. The van der Waals surface area contributed by atoms with Gasteiger partial charge in [-0.25, -0.2) is 4.79 Å². The quantitative estimate of drug-likeness (QED) is 0.697. The predicted octanol–water partition coefficient (Wildman–Crippen LogP) is 0.169. The zero-order chi connectivity index (χ0) is 9.68. The topological polar surface area (TPSA) is 85.4 Å². The minimum Gasteiger partial charge on any atom is -0.445 e. The molecule has 3 N–H and O–H groups in total. The first-order chi connectivity index (χ1) is 6.22. The first kappa shape index (κ1) is 9.47. The molecule has 0 unspecified atom stereocenters. The fraction of sp³-hybridized carbons (Fsp3) is 0.250. The molecule has 0 bridgehead atoms. The Morgan fingerprint density at radius 1 is 1.54 bits per heavy atom. The lowest BCUT2D eigenvalue weighted by atomic mass is 10.2. The average molecular weight is 182 g/mol. The second-order valence-electron chi connectivity index (χ2n) is 2.47. The molecule has 1 aromatic heterocycles. The molecule has 0 radical (unpaired) electrons. The molecule has 0 fully saturated rings. The van der Waals surface area contributed by atoms with E-state index >= 15 is 0 Å². The van der Waals surface area contributed by atoms with Gasteiger partial charge in [0.2, 0.25) is 0 Å². The van der Waals surface area contributed by atoms with Gasteiger partial charge in [0.15, 0.2) is 0 Å². The zero-order valence-electron chi connectivity index (χ0n) is 6.93. The Kier molecular flexibility index (Phi) is 3.22. The molecule has 0 atom stereocenters. The van der Waals surface area contributed by atoms with Crippen LogP contribution < -0.4 is 5.73 Å². The molecule has 1 rings (SSSR count). The second kappa shape index (κ2) is 4.42. The van der Waals surface area contributed by atoms with Crippen LogP contribution in [0.15, 0.2) is 18.5 Å². The summed E-state index contributed by atoms with van der Waals surface area (Å²) in [7, 11) is 0. The SMILES string of the molecule is NC(=O)OCc1cncc(CO)c1. The van der Waals surface area contributed by atoms with Crippen LogP contribution in [0.1, 0.15) is 11.1 Å². The number of pyridine rings is 1. The summed E-state index contributed by atoms with van der Waals surface area (Å²) in [6.07, 6.45) is 2.25. The fourth-order valence-corrected chi connectivity index (χ4v) is 0.861. The minimum absolute atomic E-state index is 0.0795. The van der Waals surface area contributed by atoms with E-state index in [9.17, 15) is 4.79 Å². The van der Waals surface area contributed by atoms with Crippen molar-refractivity contribution < 1.29 is 14.6 Å². The van der Waals surface area contributed by atoms with Gasteiger partial charge in [0.1, 0.15) is 6.61 Å². The minimum atomic E-state index is -0.825. The summed E-state index contributed by atoms with van der Waals surface area (Å²) in [4.78, 5) is 14.1. The first-order valence-electron chi connectivity index (χ1n) is 3.68. The van der Waals surface area contributed by atoms with Gasteiger partial charge in [0.05, 0.1) is 6.61 Å². The van der Waals surface area contributed by atoms with Crippen molar-refractivity contribution in [1.82, 2.24) is 4.98 Å². The van der Waals surface area contributed by atoms with Gasteiger partial charge < -0.3 is 15.6 Å². The number of carbonyl (C=O) groups is 1. The maximum atomic E-state index is 10.3. The number of nitrogens with zero attached hydrogens (tertiary/aromatic N) is 1. The van der Waals surface area contributed by atoms with Gasteiger partial charge in [-0.2, -0.15) is 0 Å². The van der Waals surface area contributed by atoms with E-state index in [0.29, 0.717) is 11.1 Å². The molecule has 0 saturated heterocycles. The molecule has 0 aliphatic heterocycles. The maximum absolute atomic E-state index is 10.3. The summed E-state index contributed by atoms with van der Waals surface area (Å²) in [5.41, 5.74) is 6.15. The molecule has 1 heterocycles. The zero-order valence-corrected chi connectivity index (χ0v) is 6.93. The number of rotatable bonds is 3. The molecule has 5 heteroatoms. The number of carbonyl (C=O) groups excluding carboxylic acids is 1. The standard InChI is InChI=1S/C8H10N2O3/c9-8(12)13-5-7-1-6(4-11)2-10-3-7/h1-3,11H,4-5H2,(H2,9,12). The highest BCUT2D eigenvalue weighted by Gasteiger charge is 1.98. The first-order valence-corrected chi connectivity index (χ1v) is 3.68. The lowest BCUT2D eigenvalue weighted by Crippen LogP contribution is -2.12. The smallest absolute Gasteiger partial charge is 0.404 e. The summed E-state index contributed by atoms with van der Waals surface area (Å²) in [5.74, 6) is 0. The number of amides is 1. The summed E-state index contributed by atoms with van der Waals surface area (Å²) in [6.45, 7) is -0.00636. The number of primary amides is 1. The van der Waals surface area contributed by atoms with Crippen molar-refractivity contribution in [2.24, 2.45) is 5.73 Å². The van der Waals surface area contributed by atoms with E-state index in [2.05, 4.69) is 9.72 Å². The van der Waals surface area contributed by atoms with Crippen LogP contribution in [0, 0.1) is 0 Å². The Balaban J connectivity index is 2.61. The molecule has 13 heavy (non-hydrogen) atoms. The van der Waals surface area contributed by atoms with Gasteiger partial charge in [0, 0.05) is 18.0 Å². The van der Waals surface area contributed by atoms with Gasteiger partial charge in [-0.3, -0.25) is 4.98 Å². The van der Waals surface area contributed by atoms with Gasteiger partial charge in [-0.05, 0) is 11.6 Å². The second-order valence-corrected chi connectivity index (χ2v) is 2.47. The van der Waals surface area contributed by atoms with E-state index in [0.717, 1.165) is 0 Å². The summed E-state index contributed by atoms with van der Waals surface area (Å²) in [6, 6.07) is 1.69. The van der Waals surface area contributed by atoms with Crippen LogP contribution in [0.5, 0.6) is 0 Å². The van der Waals surface area contributed by atoms with E-state index in [-0.39, 0.29) is 13.2 Å². The van der Waals surface area contributed by atoms with Crippen LogP contribution in [-0.2, 0) is 18.0 Å². The van der Waals surface area contributed by atoms with Crippen LogP contribution in [0.2, 0.25) is 0 Å². The fourth-order valence-electron chi connectivity index (χ4n) is 0.861. The van der Waals surface area contributed by atoms with Crippen molar-refractivity contribution in [3.8, 4) is 0 Å². The van der Waals surface area contributed by atoms with Crippen molar-refractivity contribution >= 4 is 6.09 Å². The third-order valence-corrected chi connectivity index (χ3v) is 1.42. The number of hydrogen-bond acceptors (Lipinski definition) is 4. The molecular weight excluding hydrogens is 172 g/mol. The predicted molar refractivity (Wildman–Crippen MR) is 44.5 cm³/mol. The Morgan fingerprint density at radius 2 is 2.23 bits per heavy atom. The highest BCUT2D eigenvalue weighted by Crippen LogP contribution is 2.03. The van der Waals surface area contributed by atoms with E-state index in [1.807, 2.05) is 0 Å².